The standard InChI is InChI=1S/C24H40O4/c1-14(4-7-21(27)28)17-5-6-18-22-19(9-11-24(17,18)3)23(2)10-8-16(25)12-15(23)13-20(22)26/h14-20,22,25-26H,4-13H2,1-3H3,(H,27,28)/t14-,15?,16-,17-,18+,19+,20-,22+,23+,24-/m1/s1/i8D2,12D2. The van der Waals surface area contributed by atoms with Crippen LogP contribution in [0.15, 0.2) is 0 Å². The number of carboxylic acids is 1. The van der Waals surface area contributed by atoms with E-state index in [1.165, 1.54) is 0 Å². The molecule has 4 aliphatic rings. The van der Waals surface area contributed by atoms with Gasteiger partial charge < -0.3 is 15.3 Å². The first-order chi connectivity index (χ1) is 14.7. The van der Waals surface area contributed by atoms with Crippen molar-refractivity contribution in [3.05, 3.63) is 0 Å². The van der Waals surface area contributed by atoms with Crippen molar-refractivity contribution in [3.63, 3.8) is 0 Å². The Hall–Kier alpha value is -0.610. The van der Waals surface area contributed by atoms with Crippen LogP contribution in [0, 0.1) is 46.3 Å². The van der Waals surface area contributed by atoms with E-state index in [4.69, 9.17) is 10.6 Å². The first kappa shape index (κ1) is 16.1. The maximum Gasteiger partial charge on any atom is 0.303 e. The lowest BCUT2D eigenvalue weighted by Gasteiger charge is -2.62. The largest absolute Gasteiger partial charge is 0.481 e. The van der Waals surface area contributed by atoms with Gasteiger partial charge in [0.2, 0.25) is 0 Å². The fraction of sp³-hybridized carbons (Fsp3) is 0.958. The third-order valence-electron chi connectivity index (χ3n) is 9.51. The van der Waals surface area contributed by atoms with E-state index in [1.807, 2.05) is 6.92 Å². The van der Waals surface area contributed by atoms with Crippen LogP contribution in [0.3, 0.4) is 0 Å². The molecule has 0 spiro atoms. The number of carboxylic acid groups (broad SMARTS) is 1. The zero-order valence-corrected chi connectivity index (χ0v) is 17.5. The molecule has 0 amide bonds. The van der Waals surface area contributed by atoms with Gasteiger partial charge in [0.1, 0.15) is 0 Å². The Bertz CT molecular complexity index is 760. The molecule has 4 rings (SSSR count). The van der Waals surface area contributed by atoms with Gasteiger partial charge in [-0.25, -0.2) is 0 Å². The van der Waals surface area contributed by atoms with Gasteiger partial charge in [0, 0.05) is 11.9 Å². The van der Waals surface area contributed by atoms with E-state index in [9.17, 15) is 15.0 Å². The van der Waals surface area contributed by atoms with Gasteiger partial charge in [0.15, 0.2) is 0 Å². The molecule has 0 bridgehead atoms. The predicted molar refractivity (Wildman–Crippen MR) is 109 cm³/mol. The highest BCUT2D eigenvalue weighted by Crippen LogP contribution is 2.68. The molecule has 0 aromatic rings. The maximum atomic E-state index is 11.3. The fourth-order valence-electron chi connectivity index (χ4n) is 8.03. The fourth-order valence-corrected chi connectivity index (χ4v) is 8.03. The summed E-state index contributed by atoms with van der Waals surface area (Å²) in [5.74, 6) is -0.291. The van der Waals surface area contributed by atoms with Crippen molar-refractivity contribution < 1.29 is 25.6 Å². The van der Waals surface area contributed by atoms with Crippen LogP contribution in [0.5, 0.6) is 0 Å². The summed E-state index contributed by atoms with van der Waals surface area (Å²) in [6.45, 7) is 6.48. The molecule has 4 fully saturated rings. The van der Waals surface area contributed by atoms with Crippen molar-refractivity contribution in [1.82, 2.24) is 0 Å². The van der Waals surface area contributed by atoms with Crippen molar-refractivity contribution in [1.29, 1.82) is 0 Å². The molecule has 0 saturated heterocycles. The second-order valence-electron chi connectivity index (χ2n) is 10.7. The van der Waals surface area contributed by atoms with Gasteiger partial charge in [-0.2, -0.15) is 0 Å². The lowest BCUT2D eigenvalue weighted by Crippen LogP contribution is -2.58. The van der Waals surface area contributed by atoms with Gasteiger partial charge in [-0.1, -0.05) is 20.8 Å². The Balaban J connectivity index is 1.64. The third-order valence-corrected chi connectivity index (χ3v) is 9.51. The zero-order valence-electron chi connectivity index (χ0n) is 21.5. The number of aliphatic hydroxyl groups excluding tert-OH is 2. The van der Waals surface area contributed by atoms with E-state index in [2.05, 4.69) is 13.8 Å². The van der Waals surface area contributed by atoms with Crippen LogP contribution < -0.4 is 0 Å². The summed E-state index contributed by atoms with van der Waals surface area (Å²) in [4.78, 5) is 11.1. The van der Waals surface area contributed by atoms with Crippen LogP contribution in [0.1, 0.15) is 90.4 Å². The minimum Gasteiger partial charge on any atom is -0.481 e. The van der Waals surface area contributed by atoms with E-state index < -0.39 is 42.3 Å². The Kier molecular flexibility index (Phi) is 4.19. The minimum absolute atomic E-state index is 0.00789. The highest BCUT2D eigenvalue weighted by Gasteiger charge is 2.62. The normalized spacial score (nSPS) is 57.4. The van der Waals surface area contributed by atoms with Gasteiger partial charge in [-0.15, -0.1) is 0 Å². The highest BCUT2D eigenvalue weighted by molar-refractivity contribution is 5.66. The quantitative estimate of drug-likeness (QED) is 0.655. The Labute approximate surface area is 175 Å². The van der Waals surface area contributed by atoms with Crippen molar-refractivity contribution in [2.75, 3.05) is 0 Å². The molecule has 0 aliphatic heterocycles. The summed E-state index contributed by atoms with van der Waals surface area (Å²) in [6, 6.07) is 0. The molecule has 4 aliphatic carbocycles. The van der Waals surface area contributed by atoms with E-state index in [0.29, 0.717) is 18.3 Å². The van der Waals surface area contributed by atoms with Crippen molar-refractivity contribution in [2.24, 2.45) is 46.3 Å². The average Bonchev–Trinajstić information content (AvgIpc) is 3.03. The number of fused-ring (bicyclic) bond motifs is 5. The van der Waals surface area contributed by atoms with Crippen LogP contribution >= 0.6 is 0 Å². The second-order valence-corrected chi connectivity index (χ2v) is 10.7. The topological polar surface area (TPSA) is 77.8 Å². The summed E-state index contributed by atoms with van der Waals surface area (Å²) in [6.07, 6.45) is -1.38. The molecule has 10 atom stereocenters. The van der Waals surface area contributed by atoms with Gasteiger partial charge in [0.25, 0.3) is 0 Å². The van der Waals surface area contributed by atoms with Gasteiger partial charge >= 0.3 is 5.97 Å². The van der Waals surface area contributed by atoms with E-state index >= 15 is 0 Å². The van der Waals surface area contributed by atoms with E-state index in [1.54, 1.807) is 0 Å². The van der Waals surface area contributed by atoms with Gasteiger partial charge in [-0.05, 0) is 104 Å². The molecule has 0 radical (unpaired) electrons. The third kappa shape index (κ3) is 3.14. The first-order valence-electron chi connectivity index (χ1n) is 13.2. The maximum absolute atomic E-state index is 11.3. The van der Waals surface area contributed by atoms with Crippen LogP contribution in [0.4, 0.5) is 0 Å². The molecule has 28 heavy (non-hydrogen) atoms. The van der Waals surface area contributed by atoms with Crippen LogP contribution in [-0.2, 0) is 4.79 Å². The predicted octanol–water partition coefficient (Wildman–Crippen LogP) is 4.48. The smallest absolute Gasteiger partial charge is 0.303 e. The van der Waals surface area contributed by atoms with Gasteiger partial charge in [0.05, 0.1) is 12.2 Å². The molecule has 4 saturated carbocycles. The zero-order chi connectivity index (χ0) is 23.9. The number of aliphatic hydroxyl groups is 2. The molecule has 4 nitrogen and oxygen atoms in total. The molecule has 0 aromatic heterocycles. The summed E-state index contributed by atoms with van der Waals surface area (Å²) in [5.41, 5.74) is -0.583. The molecule has 0 heterocycles. The molecular weight excluding hydrogens is 352 g/mol. The second kappa shape index (κ2) is 7.27. The van der Waals surface area contributed by atoms with Crippen molar-refractivity contribution in [3.8, 4) is 0 Å². The van der Waals surface area contributed by atoms with E-state index in [0.717, 1.165) is 25.7 Å². The summed E-state index contributed by atoms with van der Waals surface area (Å²) >= 11 is 0. The Morgan fingerprint density at radius 2 is 1.86 bits per heavy atom. The first-order valence-corrected chi connectivity index (χ1v) is 11.2. The van der Waals surface area contributed by atoms with Crippen LogP contribution in [0.2, 0.25) is 0 Å². The SMILES string of the molecule is [2H]C1([2H])C[C@@]2(C)C(C[C@@H](O)[C@H]3[C@@H]4CC[C@H]([C@H](C)CCC(=O)O)[C@@]4(C)CC[C@@H]32)C([2H])([2H])[C@@H]1O. The highest BCUT2D eigenvalue weighted by atomic mass is 16.4. The molecule has 1 unspecified atom stereocenters. The average molecular weight is 397 g/mol. The number of carbonyl (C=O) groups is 1. The molecular formula is C24H40O4. The Morgan fingerprint density at radius 1 is 1.14 bits per heavy atom. The number of aliphatic carboxylic acids is 1. The number of hydrogen-bond donors (Lipinski definition) is 3. The number of hydrogen-bond acceptors (Lipinski definition) is 3. The van der Waals surface area contributed by atoms with Gasteiger partial charge in [-0.3, -0.25) is 4.79 Å². The summed E-state index contributed by atoms with van der Waals surface area (Å²) in [5, 5.41) is 31.0. The lowest BCUT2D eigenvalue weighted by atomic mass is 9.43. The molecule has 160 valence electrons. The van der Waals surface area contributed by atoms with E-state index in [-0.39, 0.29) is 42.4 Å². The summed E-state index contributed by atoms with van der Waals surface area (Å²) < 4.78 is 34.0. The lowest BCUT2D eigenvalue weighted by molar-refractivity contribution is -0.174. The molecule has 0 aromatic carbocycles. The van der Waals surface area contributed by atoms with Crippen molar-refractivity contribution >= 4 is 5.97 Å². The monoisotopic (exact) mass is 396 g/mol. The minimum atomic E-state index is -2.08. The number of rotatable bonds is 4. The summed E-state index contributed by atoms with van der Waals surface area (Å²) in [7, 11) is 0. The Morgan fingerprint density at radius 3 is 2.57 bits per heavy atom. The van der Waals surface area contributed by atoms with Crippen LogP contribution in [0.25, 0.3) is 0 Å². The molecule has 3 N–H and O–H groups in total. The van der Waals surface area contributed by atoms with Crippen LogP contribution in [-0.4, -0.2) is 33.5 Å². The molecule has 4 heteroatoms. The van der Waals surface area contributed by atoms with Crippen molar-refractivity contribution in [2.45, 2.75) is 97.1 Å².